The van der Waals surface area contributed by atoms with Crippen molar-refractivity contribution in [2.75, 3.05) is 7.11 Å². The van der Waals surface area contributed by atoms with Crippen LogP contribution in [-0.2, 0) is 6.42 Å². The summed E-state index contributed by atoms with van der Waals surface area (Å²) in [6, 6.07) is 15.1. The van der Waals surface area contributed by atoms with Gasteiger partial charge in [-0.25, -0.2) is 0 Å². The first-order chi connectivity index (χ1) is 10.4. The molecule has 0 radical (unpaired) electrons. The molecule has 116 valence electrons. The number of halogens is 1. The highest BCUT2D eigenvalue weighted by Gasteiger charge is 2.23. The third-order valence-corrected chi connectivity index (χ3v) is 3.58. The first-order valence-electron chi connectivity index (χ1n) is 7.11. The Morgan fingerprint density at radius 3 is 2.50 bits per heavy atom. The molecule has 2 aromatic rings. The number of hydrogen-bond donors (Lipinski definition) is 1. The molecule has 4 heteroatoms. The molecule has 2 aromatic carbocycles. The number of amides is 1. The van der Waals surface area contributed by atoms with Gasteiger partial charge in [-0.15, -0.1) is 0 Å². The number of ether oxygens (including phenoxy) is 1. The van der Waals surface area contributed by atoms with Gasteiger partial charge in [0.2, 0.25) is 0 Å². The minimum absolute atomic E-state index is 0.194. The molecule has 1 N–H and O–H groups in total. The Bertz CT molecular complexity index is 653. The molecule has 3 nitrogen and oxygen atoms in total. The van der Waals surface area contributed by atoms with Crippen LogP contribution < -0.4 is 10.1 Å². The molecule has 0 bridgehead atoms. The Kier molecular flexibility index (Phi) is 5.09. The number of carbonyl (C=O) groups is 1. The second kappa shape index (κ2) is 6.84. The van der Waals surface area contributed by atoms with Crippen LogP contribution in [0.15, 0.2) is 48.5 Å². The van der Waals surface area contributed by atoms with Crippen molar-refractivity contribution in [1.82, 2.24) is 5.32 Å². The molecule has 0 unspecified atom stereocenters. The van der Waals surface area contributed by atoms with Crippen molar-refractivity contribution < 1.29 is 9.53 Å². The summed E-state index contributed by atoms with van der Waals surface area (Å²) in [4.78, 5) is 12.5. The molecule has 0 aromatic heterocycles. The summed E-state index contributed by atoms with van der Waals surface area (Å²) >= 11 is 5.98. The summed E-state index contributed by atoms with van der Waals surface area (Å²) in [5, 5.41) is 3.55. The fourth-order valence-electron chi connectivity index (χ4n) is 2.38. The van der Waals surface area contributed by atoms with Gasteiger partial charge in [0.25, 0.3) is 5.91 Å². The van der Waals surface area contributed by atoms with Gasteiger partial charge >= 0.3 is 0 Å². The Morgan fingerprint density at radius 1 is 1.18 bits per heavy atom. The number of methoxy groups -OCH3 is 1. The molecule has 0 heterocycles. The largest absolute Gasteiger partial charge is 0.496 e. The van der Waals surface area contributed by atoms with Crippen molar-refractivity contribution in [2.24, 2.45) is 0 Å². The van der Waals surface area contributed by atoms with E-state index in [1.165, 1.54) is 12.7 Å². The predicted octanol–water partition coefficient (Wildman–Crippen LogP) is 4.10. The predicted molar refractivity (Wildman–Crippen MR) is 89.7 cm³/mol. The van der Waals surface area contributed by atoms with Crippen molar-refractivity contribution in [3.8, 4) is 5.75 Å². The standard InChI is InChI=1S/C18H20ClNO2/c1-18(2,12-13-7-5-4-6-8-13)20-17(21)15-11-14(19)9-10-16(15)22-3/h4-11H,12H2,1-3H3,(H,20,21). The molecule has 0 fully saturated rings. The van der Waals surface area contributed by atoms with Gasteiger partial charge in [-0.1, -0.05) is 41.9 Å². The molecule has 0 spiro atoms. The topological polar surface area (TPSA) is 38.3 Å². The number of rotatable bonds is 5. The van der Waals surface area contributed by atoms with Crippen molar-refractivity contribution in [3.63, 3.8) is 0 Å². The van der Waals surface area contributed by atoms with E-state index >= 15 is 0 Å². The second-order valence-electron chi connectivity index (χ2n) is 5.84. The van der Waals surface area contributed by atoms with Gasteiger partial charge in [0.1, 0.15) is 5.75 Å². The maximum atomic E-state index is 12.5. The molecule has 0 saturated carbocycles. The van der Waals surface area contributed by atoms with Crippen LogP contribution in [0.1, 0.15) is 29.8 Å². The lowest BCUT2D eigenvalue weighted by molar-refractivity contribution is 0.0910. The Morgan fingerprint density at radius 2 is 1.86 bits per heavy atom. The summed E-state index contributed by atoms with van der Waals surface area (Å²) in [6.45, 7) is 3.99. The van der Waals surface area contributed by atoms with Gasteiger partial charge in [0.15, 0.2) is 0 Å². The highest BCUT2D eigenvalue weighted by Crippen LogP contribution is 2.23. The second-order valence-corrected chi connectivity index (χ2v) is 6.28. The number of hydrogen-bond acceptors (Lipinski definition) is 2. The molecule has 0 atom stereocenters. The summed E-state index contributed by atoms with van der Waals surface area (Å²) < 4.78 is 5.23. The lowest BCUT2D eigenvalue weighted by atomic mass is 9.94. The fraction of sp³-hybridized carbons (Fsp3) is 0.278. The average molecular weight is 318 g/mol. The van der Waals surface area contributed by atoms with Crippen LogP contribution in [0.4, 0.5) is 0 Å². The minimum Gasteiger partial charge on any atom is -0.496 e. The van der Waals surface area contributed by atoms with E-state index in [4.69, 9.17) is 16.3 Å². The number of benzene rings is 2. The van der Waals surface area contributed by atoms with E-state index in [0.29, 0.717) is 16.3 Å². The molecular weight excluding hydrogens is 298 g/mol. The molecule has 1 amide bonds. The van der Waals surface area contributed by atoms with Gasteiger partial charge in [-0.2, -0.15) is 0 Å². The minimum atomic E-state index is -0.383. The first-order valence-corrected chi connectivity index (χ1v) is 7.49. The van der Waals surface area contributed by atoms with E-state index < -0.39 is 0 Å². The molecule has 0 aliphatic heterocycles. The van der Waals surface area contributed by atoms with E-state index in [9.17, 15) is 4.79 Å². The zero-order valence-electron chi connectivity index (χ0n) is 13.0. The average Bonchev–Trinajstić information content (AvgIpc) is 2.47. The van der Waals surface area contributed by atoms with Crippen LogP contribution in [0, 0.1) is 0 Å². The van der Waals surface area contributed by atoms with E-state index in [1.54, 1.807) is 18.2 Å². The van der Waals surface area contributed by atoms with Crippen LogP contribution in [-0.4, -0.2) is 18.6 Å². The van der Waals surface area contributed by atoms with Crippen LogP contribution in [0.2, 0.25) is 5.02 Å². The van der Waals surface area contributed by atoms with Crippen molar-refractivity contribution >= 4 is 17.5 Å². The van der Waals surface area contributed by atoms with Gasteiger partial charge < -0.3 is 10.1 Å². The van der Waals surface area contributed by atoms with E-state index in [1.807, 2.05) is 44.2 Å². The van der Waals surface area contributed by atoms with E-state index in [0.717, 1.165) is 6.42 Å². The van der Waals surface area contributed by atoms with E-state index in [-0.39, 0.29) is 11.4 Å². The quantitative estimate of drug-likeness (QED) is 0.901. The Labute approximate surface area is 136 Å². The van der Waals surface area contributed by atoms with Crippen LogP contribution in [0.25, 0.3) is 0 Å². The highest BCUT2D eigenvalue weighted by atomic mass is 35.5. The van der Waals surface area contributed by atoms with Crippen molar-refractivity contribution in [3.05, 3.63) is 64.7 Å². The monoisotopic (exact) mass is 317 g/mol. The summed E-state index contributed by atoms with van der Waals surface area (Å²) in [6.07, 6.45) is 0.739. The molecule has 2 rings (SSSR count). The molecule has 0 aliphatic rings. The lowest BCUT2D eigenvalue weighted by Gasteiger charge is -2.27. The summed E-state index contributed by atoms with van der Waals surface area (Å²) in [5.74, 6) is 0.317. The molecule has 0 aliphatic carbocycles. The highest BCUT2D eigenvalue weighted by molar-refractivity contribution is 6.31. The SMILES string of the molecule is COc1ccc(Cl)cc1C(=O)NC(C)(C)Cc1ccccc1. The zero-order chi connectivity index (χ0) is 16.2. The number of nitrogens with one attached hydrogen (secondary N) is 1. The van der Waals surface area contributed by atoms with Gasteiger partial charge in [0.05, 0.1) is 12.7 Å². The molecule has 22 heavy (non-hydrogen) atoms. The van der Waals surface area contributed by atoms with Crippen LogP contribution in [0.5, 0.6) is 5.75 Å². The third-order valence-electron chi connectivity index (χ3n) is 3.35. The van der Waals surface area contributed by atoms with E-state index in [2.05, 4.69) is 5.32 Å². The van der Waals surface area contributed by atoms with Crippen LogP contribution >= 0.6 is 11.6 Å². The van der Waals surface area contributed by atoms with Crippen molar-refractivity contribution in [2.45, 2.75) is 25.8 Å². The maximum absolute atomic E-state index is 12.5. The lowest BCUT2D eigenvalue weighted by Crippen LogP contribution is -2.45. The maximum Gasteiger partial charge on any atom is 0.255 e. The van der Waals surface area contributed by atoms with Gasteiger partial charge in [0, 0.05) is 10.6 Å². The van der Waals surface area contributed by atoms with Crippen molar-refractivity contribution in [1.29, 1.82) is 0 Å². The fourth-order valence-corrected chi connectivity index (χ4v) is 2.55. The van der Waals surface area contributed by atoms with Gasteiger partial charge in [-0.05, 0) is 44.0 Å². The smallest absolute Gasteiger partial charge is 0.255 e. The summed E-state index contributed by atoms with van der Waals surface area (Å²) in [5.41, 5.74) is 1.23. The summed E-state index contributed by atoms with van der Waals surface area (Å²) in [7, 11) is 1.54. The molecular formula is C18H20ClNO2. The Hall–Kier alpha value is -2.00. The Balaban J connectivity index is 2.15. The van der Waals surface area contributed by atoms with Crippen LogP contribution in [0.3, 0.4) is 0 Å². The number of carbonyl (C=O) groups excluding carboxylic acids is 1. The first kappa shape index (κ1) is 16.4. The molecule has 0 saturated heterocycles. The zero-order valence-corrected chi connectivity index (χ0v) is 13.8. The van der Waals surface area contributed by atoms with Gasteiger partial charge in [-0.3, -0.25) is 4.79 Å². The normalized spacial score (nSPS) is 11.1. The third kappa shape index (κ3) is 4.25.